The number of amides is 1. The first-order valence-electron chi connectivity index (χ1n) is 9.06. The van der Waals surface area contributed by atoms with Crippen LogP contribution in [0.25, 0.3) is 10.9 Å². The van der Waals surface area contributed by atoms with Gasteiger partial charge in [0.15, 0.2) is 5.43 Å². The average Bonchev–Trinajstić information content (AvgIpc) is 2.64. The molecular weight excluding hydrogens is 356 g/mol. The number of hydrogen-bond donors (Lipinski definition) is 1. The van der Waals surface area contributed by atoms with Gasteiger partial charge in [-0.25, -0.2) is 4.79 Å². The maximum absolute atomic E-state index is 12.5. The number of carbonyl (C=O) groups is 2. The predicted octanol–water partition coefficient (Wildman–Crippen LogP) is 3.43. The lowest BCUT2D eigenvalue weighted by molar-refractivity contribution is -0.116. The Bertz CT molecular complexity index is 1100. The van der Waals surface area contributed by atoms with E-state index in [9.17, 15) is 14.4 Å². The van der Waals surface area contributed by atoms with E-state index in [0.29, 0.717) is 23.2 Å². The summed E-state index contributed by atoms with van der Waals surface area (Å²) in [6.45, 7) is 5.98. The minimum Gasteiger partial charge on any atom is -0.462 e. The zero-order chi connectivity index (χ0) is 20.3. The van der Waals surface area contributed by atoms with Crippen LogP contribution in [0.2, 0.25) is 0 Å². The SMILES string of the molecule is CCOC(=O)c1ccc(NC(=O)Cn2ccc(=O)c3c(C)cc(C)cc32)cc1. The number of pyridine rings is 1. The molecule has 3 aromatic rings. The van der Waals surface area contributed by atoms with Gasteiger partial charge in [-0.05, 0) is 62.2 Å². The fourth-order valence-corrected chi connectivity index (χ4v) is 3.21. The number of anilines is 1. The lowest BCUT2D eigenvalue weighted by Crippen LogP contribution is -2.20. The number of ether oxygens (including phenoxy) is 1. The molecule has 0 aliphatic heterocycles. The molecule has 0 unspecified atom stereocenters. The van der Waals surface area contributed by atoms with E-state index in [1.54, 1.807) is 42.0 Å². The molecule has 0 bridgehead atoms. The van der Waals surface area contributed by atoms with E-state index in [2.05, 4.69) is 5.32 Å². The minimum atomic E-state index is -0.397. The number of fused-ring (bicyclic) bond motifs is 1. The molecule has 2 aromatic carbocycles. The molecule has 0 spiro atoms. The van der Waals surface area contributed by atoms with Gasteiger partial charge >= 0.3 is 5.97 Å². The molecule has 1 aromatic heterocycles. The third-order valence-electron chi connectivity index (χ3n) is 4.41. The maximum Gasteiger partial charge on any atom is 0.338 e. The second-order valence-corrected chi connectivity index (χ2v) is 6.63. The second-order valence-electron chi connectivity index (χ2n) is 6.63. The highest BCUT2D eigenvalue weighted by Gasteiger charge is 2.11. The highest BCUT2D eigenvalue weighted by molar-refractivity contribution is 5.94. The van der Waals surface area contributed by atoms with Crippen LogP contribution in [0, 0.1) is 13.8 Å². The molecule has 0 saturated heterocycles. The van der Waals surface area contributed by atoms with Gasteiger partial charge in [0.05, 0.1) is 17.7 Å². The van der Waals surface area contributed by atoms with Gasteiger partial charge in [-0.2, -0.15) is 0 Å². The summed E-state index contributed by atoms with van der Waals surface area (Å²) in [7, 11) is 0. The number of carbonyl (C=O) groups excluding carboxylic acids is 2. The molecule has 3 rings (SSSR count). The third-order valence-corrected chi connectivity index (χ3v) is 4.41. The predicted molar refractivity (Wildman–Crippen MR) is 109 cm³/mol. The van der Waals surface area contributed by atoms with Crippen LogP contribution < -0.4 is 10.7 Å². The average molecular weight is 378 g/mol. The van der Waals surface area contributed by atoms with Gasteiger partial charge in [0.2, 0.25) is 5.91 Å². The van der Waals surface area contributed by atoms with Crippen molar-refractivity contribution in [2.24, 2.45) is 0 Å². The minimum absolute atomic E-state index is 0.0567. The van der Waals surface area contributed by atoms with Crippen LogP contribution in [0.4, 0.5) is 5.69 Å². The van der Waals surface area contributed by atoms with Gasteiger partial charge in [-0.1, -0.05) is 6.07 Å². The molecule has 0 saturated carbocycles. The number of aromatic nitrogens is 1. The molecule has 6 heteroatoms. The summed E-state index contributed by atoms with van der Waals surface area (Å²) in [6.07, 6.45) is 1.63. The van der Waals surface area contributed by atoms with Crippen molar-refractivity contribution in [3.63, 3.8) is 0 Å². The molecule has 1 N–H and O–H groups in total. The van der Waals surface area contributed by atoms with Gasteiger partial charge in [-0.15, -0.1) is 0 Å². The van der Waals surface area contributed by atoms with Crippen LogP contribution in [0.1, 0.15) is 28.4 Å². The number of aryl methyl sites for hydroxylation is 2. The van der Waals surface area contributed by atoms with E-state index < -0.39 is 5.97 Å². The molecule has 1 amide bonds. The molecular formula is C22H22N2O4. The summed E-state index contributed by atoms with van der Waals surface area (Å²) < 4.78 is 6.71. The Hall–Kier alpha value is -3.41. The first-order valence-corrected chi connectivity index (χ1v) is 9.06. The van der Waals surface area contributed by atoms with Crippen molar-refractivity contribution < 1.29 is 14.3 Å². The molecule has 0 radical (unpaired) electrons. The van der Waals surface area contributed by atoms with Gasteiger partial charge in [0.1, 0.15) is 6.54 Å². The Balaban J connectivity index is 1.79. The summed E-state index contributed by atoms with van der Waals surface area (Å²) in [5.74, 6) is -0.626. The summed E-state index contributed by atoms with van der Waals surface area (Å²) >= 11 is 0. The summed E-state index contributed by atoms with van der Waals surface area (Å²) in [6, 6.07) is 11.9. The van der Waals surface area contributed by atoms with E-state index in [1.165, 1.54) is 6.07 Å². The van der Waals surface area contributed by atoms with Crippen molar-refractivity contribution >= 4 is 28.5 Å². The second kappa shape index (κ2) is 8.08. The molecule has 1 heterocycles. The number of hydrogen-bond acceptors (Lipinski definition) is 4. The first kappa shape index (κ1) is 19.4. The van der Waals surface area contributed by atoms with E-state index in [4.69, 9.17) is 4.74 Å². The third kappa shape index (κ3) is 4.11. The quantitative estimate of drug-likeness (QED) is 0.690. The van der Waals surface area contributed by atoms with Crippen LogP contribution in [0.3, 0.4) is 0 Å². The van der Waals surface area contributed by atoms with Crippen molar-refractivity contribution in [1.29, 1.82) is 0 Å². The van der Waals surface area contributed by atoms with Gasteiger partial charge < -0.3 is 14.6 Å². The summed E-state index contributed by atoms with van der Waals surface area (Å²) in [4.78, 5) is 36.4. The number of nitrogens with zero attached hydrogens (tertiary/aromatic N) is 1. The highest BCUT2D eigenvalue weighted by atomic mass is 16.5. The largest absolute Gasteiger partial charge is 0.462 e. The molecule has 6 nitrogen and oxygen atoms in total. The fraction of sp³-hybridized carbons (Fsp3) is 0.227. The van der Waals surface area contributed by atoms with Crippen molar-refractivity contribution in [2.75, 3.05) is 11.9 Å². The molecule has 28 heavy (non-hydrogen) atoms. The Morgan fingerprint density at radius 1 is 1.07 bits per heavy atom. The zero-order valence-electron chi connectivity index (χ0n) is 16.1. The van der Waals surface area contributed by atoms with Crippen LogP contribution in [-0.2, 0) is 16.1 Å². The van der Waals surface area contributed by atoms with Crippen molar-refractivity contribution in [2.45, 2.75) is 27.3 Å². The van der Waals surface area contributed by atoms with Crippen LogP contribution in [-0.4, -0.2) is 23.1 Å². The van der Waals surface area contributed by atoms with Gasteiger partial charge in [0, 0.05) is 23.3 Å². The Morgan fingerprint density at radius 2 is 1.79 bits per heavy atom. The highest BCUT2D eigenvalue weighted by Crippen LogP contribution is 2.18. The lowest BCUT2D eigenvalue weighted by atomic mass is 10.1. The summed E-state index contributed by atoms with van der Waals surface area (Å²) in [5.41, 5.74) is 3.60. The zero-order valence-corrected chi connectivity index (χ0v) is 16.1. The Morgan fingerprint density at radius 3 is 2.46 bits per heavy atom. The van der Waals surface area contributed by atoms with Crippen molar-refractivity contribution in [1.82, 2.24) is 4.57 Å². The van der Waals surface area contributed by atoms with E-state index in [-0.39, 0.29) is 17.9 Å². The summed E-state index contributed by atoms with van der Waals surface area (Å²) in [5, 5.41) is 3.43. The topological polar surface area (TPSA) is 77.4 Å². The Kier molecular flexibility index (Phi) is 5.59. The van der Waals surface area contributed by atoms with Crippen LogP contribution in [0.15, 0.2) is 53.5 Å². The normalized spacial score (nSPS) is 10.7. The lowest BCUT2D eigenvalue weighted by Gasteiger charge is -2.13. The van der Waals surface area contributed by atoms with E-state index >= 15 is 0 Å². The van der Waals surface area contributed by atoms with Gasteiger partial charge in [0.25, 0.3) is 0 Å². The van der Waals surface area contributed by atoms with Gasteiger partial charge in [-0.3, -0.25) is 9.59 Å². The monoisotopic (exact) mass is 378 g/mol. The first-order chi connectivity index (χ1) is 13.4. The molecule has 144 valence electrons. The Labute approximate surface area is 162 Å². The van der Waals surface area contributed by atoms with Crippen molar-refractivity contribution in [3.8, 4) is 0 Å². The smallest absolute Gasteiger partial charge is 0.338 e. The molecule has 0 fully saturated rings. The number of rotatable bonds is 5. The van der Waals surface area contributed by atoms with Crippen LogP contribution in [0.5, 0.6) is 0 Å². The molecule has 0 aliphatic carbocycles. The number of esters is 1. The maximum atomic E-state index is 12.5. The standard InChI is InChI=1S/C22H22N2O4/c1-4-28-22(27)16-5-7-17(8-6-16)23-20(26)13-24-10-9-19(25)21-15(3)11-14(2)12-18(21)24/h5-12H,4,13H2,1-3H3,(H,23,26). The fourth-order valence-electron chi connectivity index (χ4n) is 3.21. The van der Waals surface area contributed by atoms with E-state index in [0.717, 1.165) is 16.6 Å². The molecule has 0 atom stereocenters. The molecule has 0 aliphatic rings. The van der Waals surface area contributed by atoms with Crippen molar-refractivity contribution in [3.05, 3.63) is 75.6 Å². The number of nitrogens with one attached hydrogen (secondary N) is 1. The van der Waals surface area contributed by atoms with E-state index in [1.807, 2.05) is 26.0 Å². The van der Waals surface area contributed by atoms with Crippen LogP contribution >= 0.6 is 0 Å². The number of benzene rings is 2.